The molecule has 0 aromatic carbocycles. The highest BCUT2D eigenvalue weighted by Crippen LogP contribution is 2.29. The average molecular weight is 351 g/mol. The fourth-order valence-electron chi connectivity index (χ4n) is 1.86. The van der Waals surface area contributed by atoms with Crippen LogP contribution >= 0.6 is 0 Å². The third kappa shape index (κ3) is 3.94. The Kier molecular flexibility index (Phi) is 4.13. The summed E-state index contributed by atoms with van der Waals surface area (Å²) >= 11 is 0. The third-order valence-corrected chi connectivity index (χ3v) is 2.90. The first kappa shape index (κ1) is 16.5. The van der Waals surface area contributed by atoms with E-state index in [1.165, 1.54) is 24.4 Å². The Morgan fingerprint density at radius 2 is 1.76 bits per heavy atom. The number of nitrogens with zero attached hydrogens (tertiary/aromatic N) is 5. The Bertz CT molecular complexity index is 896. The van der Waals surface area contributed by atoms with Crippen LogP contribution < -0.4 is 11.1 Å². The van der Waals surface area contributed by atoms with Gasteiger partial charge in [0.2, 0.25) is 17.8 Å². The van der Waals surface area contributed by atoms with Gasteiger partial charge in [-0.15, -0.1) is 0 Å². The van der Waals surface area contributed by atoms with Gasteiger partial charge in [0.15, 0.2) is 5.82 Å². The number of hydrogen-bond donors (Lipinski definition) is 2. The van der Waals surface area contributed by atoms with E-state index in [1.54, 1.807) is 0 Å². The van der Waals surface area contributed by atoms with Gasteiger partial charge in [-0.3, -0.25) is 0 Å². The SMILES string of the molecule is Nc1nc(Nc2ccc(F)nc2)nc(-c2cccc(C(F)(F)F)n2)n1. The molecule has 0 spiro atoms. The number of rotatable bonds is 3. The summed E-state index contributed by atoms with van der Waals surface area (Å²) < 4.78 is 51.1. The molecule has 0 aliphatic heterocycles. The van der Waals surface area contributed by atoms with E-state index >= 15 is 0 Å². The summed E-state index contributed by atoms with van der Waals surface area (Å²) in [7, 11) is 0. The zero-order chi connectivity index (χ0) is 18.0. The van der Waals surface area contributed by atoms with Crippen LogP contribution in [0.2, 0.25) is 0 Å². The first-order chi connectivity index (χ1) is 11.8. The number of nitrogen functional groups attached to an aromatic ring is 1. The molecule has 0 amide bonds. The van der Waals surface area contributed by atoms with Gasteiger partial charge in [-0.1, -0.05) is 6.07 Å². The van der Waals surface area contributed by atoms with E-state index in [-0.39, 0.29) is 23.4 Å². The molecule has 0 bridgehead atoms. The van der Waals surface area contributed by atoms with Gasteiger partial charge >= 0.3 is 6.18 Å². The Morgan fingerprint density at radius 3 is 2.44 bits per heavy atom. The topological polar surface area (TPSA) is 102 Å². The maximum absolute atomic E-state index is 12.8. The third-order valence-electron chi connectivity index (χ3n) is 2.90. The molecule has 0 radical (unpaired) electrons. The van der Waals surface area contributed by atoms with Gasteiger partial charge in [0.25, 0.3) is 0 Å². The summed E-state index contributed by atoms with van der Waals surface area (Å²) in [6, 6.07) is 5.82. The summed E-state index contributed by atoms with van der Waals surface area (Å²) in [6.07, 6.45) is -3.41. The molecule has 0 aliphatic carbocycles. The minimum atomic E-state index is -4.60. The number of aromatic nitrogens is 5. The minimum absolute atomic E-state index is 0.0462. The van der Waals surface area contributed by atoms with Gasteiger partial charge in [-0.25, -0.2) is 9.97 Å². The molecule has 3 heterocycles. The summed E-state index contributed by atoms with van der Waals surface area (Å²) in [4.78, 5) is 18.5. The molecule has 3 rings (SSSR count). The first-order valence-corrected chi connectivity index (χ1v) is 6.76. The summed E-state index contributed by atoms with van der Waals surface area (Å²) in [5.74, 6) is -1.08. The van der Waals surface area contributed by atoms with Crippen molar-refractivity contribution in [1.29, 1.82) is 0 Å². The predicted octanol–water partition coefficient (Wildman–Crippen LogP) is 2.81. The van der Waals surface area contributed by atoms with Crippen LogP contribution in [0.5, 0.6) is 0 Å². The van der Waals surface area contributed by atoms with Gasteiger partial charge in [0.05, 0.1) is 11.9 Å². The monoisotopic (exact) mass is 351 g/mol. The number of pyridine rings is 2. The summed E-state index contributed by atoms with van der Waals surface area (Å²) in [5.41, 5.74) is 4.72. The van der Waals surface area contributed by atoms with Crippen molar-refractivity contribution in [3.8, 4) is 11.5 Å². The maximum atomic E-state index is 12.8. The molecule has 3 aromatic heterocycles. The Labute approximate surface area is 138 Å². The molecule has 0 unspecified atom stereocenters. The van der Waals surface area contributed by atoms with Crippen molar-refractivity contribution in [2.24, 2.45) is 0 Å². The highest BCUT2D eigenvalue weighted by molar-refractivity contribution is 5.57. The van der Waals surface area contributed by atoms with Crippen LogP contribution in [0.15, 0.2) is 36.5 Å². The van der Waals surface area contributed by atoms with Crippen LogP contribution in [-0.4, -0.2) is 24.9 Å². The van der Waals surface area contributed by atoms with E-state index in [0.29, 0.717) is 5.69 Å². The van der Waals surface area contributed by atoms with Crippen molar-refractivity contribution in [3.05, 3.63) is 48.2 Å². The van der Waals surface area contributed by atoms with E-state index in [2.05, 4.69) is 30.2 Å². The molecule has 7 nitrogen and oxygen atoms in total. The highest BCUT2D eigenvalue weighted by Gasteiger charge is 2.32. The van der Waals surface area contributed by atoms with Crippen LogP contribution in [0.3, 0.4) is 0 Å². The van der Waals surface area contributed by atoms with Crippen LogP contribution in [0.1, 0.15) is 5.69 Å². The molecule has 11 heteroatoms. The van der Waals surface area contributed by atoms with Gasteiger partial charge in [0, 0.05) is 0 Å². The number of alkyl halides is 3. The lowest BCUT2D eigenvalue weighted by molar-refractivity contribution is -0.141. The van der Waals surface area contributed by atoms with Gasteiger partial charge < -0.3 is 11.1 Å². The predicted molar refractivity (Wildman–Crippen MR) is 80.0 cm³/mol. The van der Waals surface area contributed by atoms with E-state index < -0.39 is 17.8 Å². The Balaban J connectivity index is 1.95. The van der Waals surface area contributed by atoms with E-state index in [4.69, 9.17) is 5.73 Å². The van der Waals surface area contributed by atoms with Crippen molar-refractivity contribution in [2.45, 2.75) is 6.18 Å². The highest BCUT2D eigenvalue weighted by atomic mass is 19.4. The minimum Gasteiger partial charge on any atom is -0.368 e. The van der Waals surface area contributed by atoms with Crippen LogP contribution in [-0.2, 0) is 6.18 Å². The van der Waals surface area contributed by atoms with Crippen molar-refractivity contribution in [2.75, 3.05) is 11.1 Å². The van der Waals surface area contributed by atoms with Crippen LogP contribution in [0, 0.1) is 5.95 Å². The van der Waals surface area contributed by atoms with Crippen molar-refractivity contribution in [1.82, 2.24) is 24.9 Å². The molecule has 128 valence electrons. The van der Waals surface area contributed by atoms with E-state index in [1.807, 2.05) is 0 Å². The van der Waals surface area contributed by atoms with Gasteiger partial charge in [0.1, 0.15) is 11.4 Å². The zero-order valence-electron chi connectivity index (χ0n) is 12.3. The molecule has 3 N–H and O–H groups in total. The second-order valence-electron chi connectivity index (χ2n) is 4.74. The number of halogens is 4. The standard InChI is InChI=1S/C14H9F4N7/c15-10-5-4-7(6-20-10)21-13-24-11(23-12(19)25-13)8-2-1-3-9(22-8)14(16,17)18/h1-6H,(H3,19,21,23,24,25). The number of nitrogens with one attached hydrogen (secondary N) is 1. The van der Waals surface area contributed by atoms with Crippen LogP contribution in [0.4, 0.5) is 35.1 Å². The summed E-state index contributed by atoms with van der Waals surface area (Å²) in [5, 5.41) is 2.71. The molecule has 0 saturated heterocycles. The molecular formula is C14H9F4N7. The number of hydrogen-bond acceptors (Lipinski definition) is 7. The van der Waals surface area contributed by atoms with E-state index in [0.717, 1.165) is 12.1 Å². The first-order valence-electron chi connectivity index (χ1n) is 6.76. The fourth-order valence-corrected chi connectivity index (χ4v) is 1.86. The lowest BCUT2D eigenvalue weighted by Gasteiger charge is -2.09. The smallest absolute Gasteiger partial charge is 0.368 e. The van der Waals surface area contributed by atoms with Crippen molar-refractivity contribution >= 4 is 17.6 Å². The average Bonchev–Trinajstić information content (AvgIpc) is 2.56. The Hall–Kier alpha value is -3.37. The zero-order valence-corrected chi connectivity index (χ0v) is 12.3. The van der Waals surface area contributed by atoms with Gasteiger partial charge in [-0.05, 0) is 24.3 Å². The van der Waals surface area contributed by atoms with Crippen LogP contribution in [0.25, 0.3) is 11.5 Å². The van der Waals surface area contributed by atoms with Gasteiger partial charge in [-0.2, -0.15) is 32.5 Å². The normalized spacial score (nSPS) is 11.4. The van der Waals surface area contributed by atoms with E-state index in [9.17, 15) is 17.6 Å². The quantitative estimate of drug-likeness (QED) is 0.552. The second-order valence-corrected chi connectivity index (χ2v) is 4.74. The fraction of sp³-hybridized carbons (Fsp3) is 0.0714. The largest absolute Gasteiger partial charge is 0.433 e. The molecule has 0 atom stereocenters. The molecule has 25 heavy (non-hydrogen) atoms. The maximum Gasteiger partial charge on any atom is 0.433 e. The lowest BCUT2D eigenvalue weighted by Crippen LogP contribution is -2.10. The second kappa shape index (κ2) is 6.26. The van der Waals surface area contributed by atoms with Crippen molar-refractivity contribution in [3.63, 3.8) is 0 Å². The molecule has 3 aromatic rings. The van der Waals surface area contributed by atoms with Crippen molar-refractivity contribution < 1.29 is 17.6 Å². The number of anilines is 3. The molecular weight excluding hydrogens is 342 g/mol. The molecule has 0 aliphatic rings. The molecule has 0 fully saturated rings. The Morgan fingerprint density at radius 1 is 0.960 bits per heavy atom. The number of nitrogens with two attached hydrogens (primary N) is 1. The molecule has 0 saturated carbocycles. The lowest BCUT2D eigenvalue weighted by atomic mass is 10.3. The summed E-state index contributed by atoms with van der Waals surface area (Å²) in [6.45, 7) is 0.